The summed E-state index contributed by atoms with van der Waals surface area (Å²) in [6.45, 7) is 2.68. The van der Waals surface area contributed by atoms with Gasteiger partial charge in [-0.1, -0.05) is 19.0 Å². The Morgan fingerprint density at radius 3 is 2.30 bits per heavy atom. The normalized spacial score (nSPS) is 13.8. The summed E-state index contributed by atoms with van der Waals surface area (Å²) in [5.74, 6) is 0.246. The first kappa shape index (κ1) is 9.69. The highest BCUT2D eigenvalue weighted by Gasteiger charge is 2.24. The van der Waals surface area contributed by atoms with E-state index >= 15 is 0 Å². The van der Waals surface area contributed by atoms with Crippen LogP contribution in [0.4, 0.5) is 4.39 Å². The standard InChI is InChI=1S/C6H11ClFNO/c1-6(2,4-7)5(3-8)9-10/h10H,3-4H2,1-2H3. The summed E-state index contributed by atoms with van der Waals surface area (Å²) in [6.07, 6.45) is 0. The van der Waals surface area contributed by atoms with Crippen LogP contribution in [0.25, 0.3) is 0 Å². The van der Waals surface area contributed by atoms with Gasteiger partial charge in [0.2, 0.25) is 0 Å². The number of rotatable bonds is 3. The molecule has 0 aromatic carbocycles. The Kier molecular flexibility index (Phi) is 3.64. The van der Waals surface area contributed by atoms with E-state index in [0.29, 0.717) is 0 Å². The summed E-state index contributed by atoms with van der Waals surface area (Å²) in [4.78, 5) is 0. The molecule has 0 aromatic rings. The quantitative estimate of drug-likeness (QED) is 0.297. The highest BCUT2D eigenvalue weighted by Crippen LogP contribution is 2.19. The molecule has 0 fully saturated rings. The van der Waals surface area contributed by atoms with Crippen LogP contribution in [0.5, 0.6) is 0 Å². The van der Waals surface area contributed by atoms with Crippen molar-refractivity contribution in [1.29, 1.82) is 0 Å². The van der Waals surface area contributed by atoms with Gasteiger partial charge in [-0.25, -0.2) is 4.39 Å². The van der Waals surface area contributed by atoms with Crippen molar-refractivity contribution >= 4 is 17.3 Å². The Morgan fingerprint density at radius 1 is 1.70 bits per heavy atom. The van der Waals surface area contributed by atoms with E-state index in [2.05, 4.69) is 5.16 Å². The van der Waals surface area contributed by atoms with Crippen LogP contribution < -0.4 is 0 Å². The smallest absolute Gasteiger partial charge is 0.131 e. The average Bonchev–Trinajstić information content (AvgIpc) is 1.90. The van der Waals surface area contributed by atoms with Gasteiger partial charge in [0.1, 0.15) is 6.67 Å². The second kappa shape index (κ2) is 3.76. The van der Waals surface area contributed by atoms with E-state index in [-0.39, 0.29) is 11.6 Å². The second-order valence-corrected chi connectivity index (χ2v) is 2.97. The van der Waals surface area contributed by atoms with Crippen molar-refractivity contribution in [2.24, 2.45) is 10.6 Å². The maximum atomic E-state index is 12.0. The number of nitrogens with zero attached hydrogens (tertiary/aromatic N) is 1. The molecule has 10 heavy (non-hydrogen) atoms. The molecule has 0 saturated heterocycles. The molecular weight excluding hydrogens is 157 g/mol. The summed E-state index contributed by atoms with van der Waals surface area (Å²) in [7, 11) is 0. The zero-order chi connectivity index (χ0) is 8.20. The van der Waals surface area contributed by atoms with Gasteiger partial charge in [0.25, 0.3) is 0 Å². The first-order chi connectivity index (χ1) is 4.58. The van der Waals surface area contributed by atoms with Crippen LogP contribution in [0.2, 0.25) is 0 Å². The molecule has 0 bridgehead atoms. The maximum absolute atomic E-state index is 12.0. The molecule has 2 nitrogen and oxygen atoms in total. The van der Waals surface area contributed by atoms with Gasteiger partial charge in [-0.2, -0.15) is 0 Å². The van der Waals surface area contributed by atoms with Crippen molar-refractivity contribution in [2.75, 3.05) is 12.6 Å². The van der Waals surface area contributed by atoms with Gasteiger partial charge in [-0.05, 0) is 0 Å². The molecule has 0 saturated carbocycles. The van der Waals surface area contributed by atoms with E-state index in [9.17, 15) is 4.39 Å². The topological polar surface area (TPSA) is 32.6 Å². The van der Waals surface area contributed by atoms with Crippen molar-refractivity contribution in [3.8, 4) is 0 Å². The Bertz CT molecular complexity index is 136. The number of oxime groups is 1. The van der Waals surface area contributed by atoms with E-state index in [1.54, 1.807) is 13.8 Å². The van der Waals surface area contributed by atoms with E-state index < -0.39 is 12.1 Å². The van der Waals surface area contributed by atoms with Crippen LogP contribution in [0.3, 0.4) is 0 Å². The van der Waals surface area contributed by atoms with Gasteiger partial charge in [0.05, 0.1) is 5.71 Å². The minimum atomic E-state index is -0.754. The molecule has 1 N–H and O–H groups in total. The van der Waals surface area contributed by atoms with Crippen LogP contribution in [0, 0.1) is 5.41 Å². The molecule has 0 aliphatic heterocycles. The summed E-state index contributed by atoms with van der Waals surface area (Å²) in [5.41, 5.74) is -0.465. The fraction of sp³-hybridized carbons (Fsp3) is 0.833. The predicted molar refractivity (Wildman–Crippen MR) is 39.7 cm³/mol. The van der Waals surface area contributed by atoms with Crippen molar-refractivity contribution in [1.82, 2.24) is 0 Å². The zero-order valence-electron chi connectivity index (χ0n) is 6.06. The lowest BCUT2D eigenvalue weighted by molar-refractivity contribution is 0.306. The Balaban J connectivity index is 4.28. The van der Waals surface area contributed by atoms with E-state index in [1.165, 1.54) is 0 Å². The highest BCUT2D eigenvalue weighted by atomic mass is 35.5. The summed E-state index contributed by atoms with van der Waals surface area (Å²) in [5, 5.41) is 11.1. The third-order valence-corrected chi connectivity index (χ3v) is 2.03. The molecule has 0 aromatic heterocycles. The molecule has 0 rings (SSSR count). The Morgan fingerprint density at radius 2 is 2.20 bits per heavy atom. The highest BCUT2D eigenvalue weighted by molar-refractivity contribution is 6.20. The molecule has 0 amide bonds. The van der Waals surface area contributed by atoms with Crippen LogP contribution in [-0.4, -0.2) is 23.5 Å². The van der Waals surface area contributed by atoms with Crippen molar-refractivity contribution in [3.63, 3.8) is 0 Å². The van der Waals surface area contributed by atoms with Gasteiger partial charge < -0.3 is 5.21 Å². The monoisotopic (exact) mass is 167 g/mol. The number of hydrogen-bond donors (Lipinski definition) is 1. The second-order valence-electron chi connectivity index (χ2n) is 2.70. The largest absolute Gasteiger partial charge is 0.411 e. The lowest BCUT2D eigenvalue weighted by atomic mass is 9.90. The lowest BCUT2D eigenvalue weighted by Gasteiger charge is -2.19. The molecule has 0 spiro atoms. The van der Waals surface area contributed by atoms with Gasteiger partial charge >= 0.3 is 0 Å². The molecule has 4 heteroatoms. The summed E-state index contributed by atoms with van der Waals surface area (Å²) >= 11 is 5.49. The van der Waals surface area contributed by atoms with Crippen molar-refractivity contribution in [2.45, 2.75) is 13.8 Å². The van der Waals surface area contributed by atoms with E-state index in [1.807, 2.05) is 0 Å². The minimum Gasteiger partial charge on any atom is -0.411 e. The number of halogens is 2. The summed E-state index contributed by atoms with van der Waals surface area (Å²) < 4.78 is 12.0. The molecular formula is C6H11ClFNO. The molecule has 0 aliphatic carbocycles. The molecule has 0 unspecified atom stereocenters. The first-order valence-corrected chi connectivity index (χ1v) is 3.45. The predicted octanol–water partition coefficient (Wildman–Crippen LogP) is 2.05. The third-order valence-electron chi connectivity index (χ3n) is 1.36. The molecule has 0 radical (unpaired) electrons. The van der Waals surface area contributed by atoms with Gasteiger partial charge in [0, 0.05) is 11.3 Å². The van der Waals surface area contributed by atoms with Crippen molar-refractivity contribution < 1.29 is 9.60 Å². The number of hydrogen-bond acceptors (Lipinski definition) is 2. The lowest BCUT2D eigenvalue weighted by Crippen LogP contribution is -2.27. The van der Waals surface area contributed by atoms with Gasteiger partial charge in [0.15, 0.2) is 0 Å². The first-order valence-electron chi connectivity index (χ1n) is 2.92. The van der Waals surface area contributed by atoms with Crippen LogP contribution in [0.1, 0.15) is 13.8 Å². The van der Waals surface area contributed by atoms with Crippen LogP contribution >= 0.6 is 11.6 Å². The van der Waals surface area contributed by atoms with Gasteiger partial charge in [-0.3, -0.25) is 0 Å². The molecule has 60 valence electrons. The zero-order valence-corrected chi connectivity index (χ0v) is 6.82. The summed E-state index contributed by atoms with van der Waals surface area (Å²) in [6, 6.07) is 0. The van der Waals surface area contributed by atoms with Crippen molar-refractivity contribution in [3.05, 3.63) is 0 Å². The van der Waals surface area contributed by atoms with Crippen LogP contribution in [-0.2, 0) is 0 Å². The third kappa shape index (κ3) is 2.14. The van der Waals surface area contributed by atoms with Crippen LogP contribution in [0.15, 0.2) is 5.16 Å². The van der Waals surface area contributed by atoms with E-state index in [0.717, 1.165) is 0 Å². The maximum Gasteiger partial charge on any atom is 0.131 e. The SMILES string of the molecule is CC(C)(CCl)C(CF)=NO. The average molecular weight is 168 g/mol. The number of alkyl halides is 2. The minimum absolute atomic E-state index is 0.0856. The fourth-order valence-corrected chi connectivity index (χ4v) is 0.574. The van der Waals surface area contributed by atoms with Gasteiger partial charge in [-0.15, -0.1) is 11.6 Å². The Labute approximate surface area is 64.7 Å². The molecule has 0 atom stereocenters. The Hall–Kier alpha value is -0.310. The molecule has 0 aliphatic rings. The molecule has 0 heterocycles. The fourth-order valence-electron chi connectivity index (χ4n) is 0.420. The van der Waals surface area contributed by atoms with E-state index in [4.69, 9.17) is 16.8 Å².